The molecule has 0 atom stereocenters. The minimum Gasteiger partial charge on any atom is -0.252 e. The zero-order chi connectivity index (χ0) is 15.9. The van der Waals surface area contributed by atoms with Crippen molar-refractivity contribution in [2.75, 3.05) is 0 Å². The number of para-hydroxylation sites is 2. The van der Waals surface area contributed by atoms with Gasteiger partial charge in [0.25, 0.3) is 0 Å². The third kappa shape index (κ3) is 2.02. The quantitative estimate of drug-likeness (QED) is 0.409. The molecule has 0 aliphatic rings. The van der Waals surface area contributed by atoms with Gasteiger partial charge in [-0.05, 0) is 41.1 Å². The van der Waals surface area contributed by atoms with Crippen molar-refractivity contribution < 1.29 is 0 Å². The smallest absolute Gasteiger partial charge is 0.108 e. The molecule has 3 aromatic carbocycles. The number of fused-ring (bicyclic) bond motifs is 4. The molecular formula is C21H13N3. The molecule has 3 nitrogen and oxygen atoms in total. The Labute approximate surface area is 138 Å². The third-order valence-electron chi connectivity index (χ3n) is 4.31. The van der Waals surface area contributed by atoms with E-state index in [9.17, 15) is 0 Å². The van der Waals surface area contributed by atoms with Crippen molar-refractivity contribution in [1.29, 1.82) is 0 Å². The summed E-state index contributed by atoms with van der Waals surface area (Å²) in [7, 11) is 0. The largest absolute Gasteiger partial charge is 0.252 e. The van der Waals surface area contributed by atoms with Crippen LogP contribution in [0.5, 0.6) is 0 Å². The lowest BCUT2D eigenvalue weighted by Gasteiger charge is -2.06. The average Bonchev–Trinajstić information content (AvgIpc) is 2.67. The van der Waals surface area contributed by atoms with Gasteiger partial charge in [-0.2, -0.15) is 0 Å². The van der Waals surface area contributed by atoms with Gasteiger partial charge in [0.1, 0.15) is 5.69 Å². The van der Waals surface area contributed by atoms with Crippen molar-refractivity contribution in [3.63, 3.8) is 0 Å². The topological polar surface area (TPSA) is 38.7 Å². The molecule has 0 unspecified atom stereocenters. The van der Waals surface area contributed by atoms with E-state index in [1.54, 1.807) is 6.20 Å². The maximum atomic E-state index is 4.80. The molecule has 0 radical (unpaired) electrons. The molecule has 0 amide bonds. The van der Waals surface area contributed by atoms with E-state index in [4.69, 9.17) is 4.98 Å². The zero-order valence-corrected chi connectivity index (χ0v) is 12.8. The Balaban J connectivity index is 1.72. The number of nitrogens with zero attached hydrogens (tertiary/aromatic N) is 3. The van der Waals surface area contributed by atoms with Crippen LogP contribution < -0.4 is 0 Å². The van der Waals surface area contributed by atoms with Crippen molar-refractivity contribution in [2.24, 2.45) is 0 Å². The van der Waals surface area contributed by atoms with Crippen LogP contribution in [-0.2, 0) is 0 Å². The molecule has 24 heavy (non-hydrogen) atoms. The maximum Gasteiger partial charge on any atom is 0.108 e. The van der Waals surface area contributed by atoms with E-state index in [0.717, 1.165) is 33.3 Å². The van der Waals surface area contributed by atoms with Crippen LogP contribution in [0.15, 0.2) is 79.0 Å². The van der Waals surface area contributed by atoms with Crippen LogP contribution >= 0.6 is 0 Å². The van der Waals surface area contributed by atoms with Crippen LogP contribution in [-0.4, -0.2) is 15.0 Å². The molecule has 0 bridgehead atoms. The van der Waals surface area contributed by atoms with Crippen molar-refractivity contribution in [1.82, 2.24) is 15.0 Å². The molecule has 5 aromatic rings. The summed E-state index contributed by atoms with van der Waals surface area (Å²) in [5, 5.41) is 3.61. The van der Waals surface area contributed by atoms with Crippen LogP contribution in [0.25, 0.3) is 44.1 Å². The standard InChI is InChI=1S/C21H13N3/c1-2-6-15-14(5-1)9-11-17-16(15)10-12-20(23-17)21-13-22-18-7-3-4-8-19(18)24-21/h1-13H. The van der Waals surface area contributed by atoms with Crippen LogP contribution in [0.3, 0.4) is 0 Å². The highest BCUT2D eigenvalue weighted by Crippen LogP contribution is 2.26. The van der Waals surface area contributed by atoms with E-state index >= 15 is 0 Å². The highest BCUT2D eigenvalue weighted by molar-refractivity contribution is 6.06. The number of hydrogen-bond donors (Lipinski definition) is 0. The average molecular weight is 307 g/mol. The Morgan fingerprint density at radius 1 is 0.500 bits per heavy atom. The van der Waals surface area contributed by atoms with Gasteiger partial charge in [0, 0.05) is 5.39 Å². The number of hydrogen-bond acceptors (Lipinski definition) is 3. The molecule has 0 aliphatic carbocycles. The fraction of sp³-hybridized carbons (Fsp3) is 0. The number of rotatable bonds is 1. The third-order valence-corrected chi connectivity index (χ3v) is 4.31. The first kappa shape index (κ1) is 13.1. The SMILES string of the molecule is c1ccc2c(c1)ccc1nc(-c3cnc4ccccc4n3)ccc12. The summed E-state index contributed by atoms with van der Waals surface area (Å²) in [6.45, 7) is 0. The highest BCUT2D eigenvalue weighted by Gasteiger charge is 2.07. The summed E-state index contributed by atoms with van der Waals surface area (Å²) in [5.41, 5.74) is 4.39. The van der Waals surface area contributed by atoms with Gasteiger partial charge in [-0.15, -0.1) is 0 Å². The van der Waals surface area contributed by atoms with Gasteiger partial charge in [0.2, 0.25) is 0 Å². The first-order valence-electron chi connectivity index (χ1n) is 7.89. The fourth-order valence-corrected chi connectivity index (χ4v) is 3.11. The summed E-state index contributed by atoms with van der Waals surface area (Å²) in [5.74, 6) is 0. The summed E-state index contributed by atoms with van der Waals surface area (Å²) >= 11 is 0. The van der Waals surface area contributed by atoms with Crippen molar-refractivity contribution in [3.8, 4) is 11.4 Å². The highest BCUT2D eigenvalue weighted by atomic mass is 14.8. The van der Waals surface area contributed by atoms with Gasteiger partial charge in [-0.1, -0.05) is 42.5 Å². The summed E-state index contributed by atoms with van der Waals surface area (Å²) in [6, 6.07) is 24.6. The lowest BCUT2D eigenvalue weighted by Crippen LogP contribution is -1.91. The Bertz CT molecular complexity index is 1210. The van der Waals surface area contributed by atoms with E-state index in [-0.39, 0.29) is 0 Å². The van der Waals surface area contributed by atoms with Gasteiger partial charge < -0.3 is 0 Å². The first-order valence-corrected chi connectivity index (χ1v) is 7.89. The van der Waals surface area contributed by atoms with E-state index in [0.29, 0.717) is 0 Å². The van der Waals surface area contributed by atoms with Crippen molar-refractivity contribution >= 4 is 32.7 Å². The second-order valence-electron chi connectivity index (χ2n) is 5.79. The summed E-state index contributed by atoms with van der Waals surface area (Å²) < 4.78 is 0. The molecule has 0 saturated heterocycles. The lowest BCUT2D eigenvalue weighted by atomic mass is 10.0. The lowest BCUT2D eigenvalue weighted by molar-refractivity contribution is 1.26. The van der Waals surface area contributed by atoms with Crippen molar-refractivity contribution in [2.45, 2.75) is 0 Å². The van der Waals surface area contributed by atoms with Gasteiger partial charge in [0.15, 0.2) is 0 Å². The van der Waals surface area contributed by atoms with E-state index < -0.39 is 0 Å². The maximum absolute atomic E-state index is 4.80. The second kappa shape index (κ2) is 5.10. The first-order chi connectivity index (χ1) is 11.9. The molecular weight excluding hydrogens is 294 g/mol. The predicted molar refractivity (Wildman–Crippen MR) is 97.8 cm³/mol. The molecule has 0 fully saturated rings. The molecule has 2 heterocycles. The predicted octanol–water partition coefficient (Wildman–Crippen LogP) is 5.00. The number of pyridine rings is 1. The Kier molecular flexibility index (Phi) is 2.79. The fourth-order valence-electron chi connectivity index (χ4n) is 3.11. The Hall–Kier alpha value is -3.33. The van der Waals surface area contributed by atoms with E-state index in [2.05, 4.69) is 52.4 Å². The Morgan fingerprint density at radius 3 is 2.25 bits per heavy atom. The summed E-state index contributed by atoms with van der Waals surface area (Å²) in [6.07, 6.45) is 1.79. The molecule has 0 saturated carbocycles. The molecule has 112 valence electrons. The van der Waals surface area contributed by atoms with E-state index in [1.807, 2.05) is 30.3 Å². The monoisotopic (exact) mass is 307 g/mol. The molecule has 3 heteroatoms. The number of aromatic nitrogens is 3. The van der Waals surface area contributed by atoms with Crippen LogP contribution in [0, 0.1) is 0 Å². The minimum atomic E-state index is 0.795. The minimum absolute atomic E-state index is 0.795. The van der Waals surface area contributed by atoms with Crippen LogP contribution in [0.4, 0.5) is 0 Å². The van der Waals surface area contributed by atoms with Gasteiger partial charge in [-0.25, -0.2) is 9.97 Å². The summed E-state index contributed by atoms with van der Waals surface area (Å²) in [4.78, 5) is 14.0. The molecule has 0 aliphatic heterocycles. The normalized spacial score (nSPS) is 11.3. The number of benzene rings is 3. The Morgan fingerprint density at radius 2 is 1.29 bits per heavy atom. The molecule has 0 spiro atoms. The van der Waals surface area contributed by atoms with E-state index in [1.165, 1.54) is 10.8 Å². The van der Waals surface area contributed by atoms with Gasteiger partial charge in [0.05, 0.1) is 28.4 Å². The zero-order valence-electron chi connectivity index (χ0n) is 12.8. The van der Waals surface area contributed by atoms with Crippen molar-refractivity contribution in [3.05, 3.63) is 79.0 Å². The molecule has 2 aromatic heterocycles. The van der Waals surface area contributed by atoms with Gasteiger partial charge in [-0.3, -0.25) is 4.98 Å². The van der Waals surface area contributed by atoms with Crippen LogP contribution in [0.2, 0.25) is 0 Å². The second-order valence-corrected chi connectivity index (χ2v) is 5.79. The van der Waals surface area contributed by atoms with Crippen LogP contribution in [0.1, 0.15) is 0 Å². The van der Waals surface area contributed by atoms with Gasteiger partial charge >= 0.3 is 0 Å². The molecule has 0 N–H and O–H groups in total. The molecule has 5 rings (SSSR count).